The molecular weight excluding hydrogens is 462 g/mol. The summed E-state index contributed by atoms with van der Waals surface area (Å²) in [5.74, 6) is 0.203. The molecule has 2 aromatic rings. The molecule has 0 radical (unpaired) electrons. The van der Waals surface area contributed by atoms with E-state index >= 15 is 0 Å². The lowest BCUT2D eigenvalue weighted by molar-refractivity contribution is 0.0947. The molecule has 3 N–H and O–H groups in total. The molecule has 1 aromatic heterocycles. The van der Waals surface area contributed by atoms with Crippen LogP contribution in [0.1, 0.15) is 16.2 Å². The van der Waals surface area contributed by atoms with E-state index in [0.717, 1.165) is 3.57 Å². The highest BCUT2D eigenvalue weighted by Gasteiger charge is 2.14. The first-order chi connectivity index (χ1) is 8.58. The molecule has 0 saturated carbocycles. The molecule has 6 nitrogen and oxygen atoms in total. The Kier molecular flexibility index (Phi) is 4.37. The zero-order valence-corrected chi connectivity index (χ0v) is 13.3. The number of rotatable bonds is 3. The quantitative estimate of drug-likeness (QED) is 0.596. The summed E-state index contributed by atoms with van der Waals surface area (Å²) in [6, 6.07) is 3.43. The molecule has 1 aromatic carbocycles. The number of phenols is 1. The Balaban J connectivity index is 2.14. The van der Waals surface area contributed by atoms with Gasteiger partial charge in [0.2, 0.25) is 0 Å². The zero-order valence-electron chi connectivity index (χ0n) is 8.94. The summed E-state index contributed by atoms with van der Waals surface area (Å²) >= 11 is 4.08. The molecular formula is C10H8I2N4O2. The first-order valence-corrected chi connectivity index (χ1v) is 7.04. The minimum absolute atomic E-state index is 0.00825. The summed E-state index contributed by atoms with van der Waals surface area (Å²) < 4.78 is 1.53. The molecule has 0 aliphatic heterocycles. The number of aromatic amines is 1. The van der Waals surface area contributed by atoms with Crippen molar-refractivity contribution in [2.24, 2.45) is 0 Å². The summed E-state index contributed by atoms with van der Waals surface area (Å²) in [5, 5.41) is 18.8. The number of benzene rings is 1. The van der Waals surface area contributed by atoms with E-state index in [1.807, 2.05) is 22.6 Å². The first-order valence-electron chi connectivity index (χ1n) is 4.88. The van der Waals surface area contributed by atoms with E-state index in [-0.39, 0.29) is 23.8 Å². The number of carbonyl (C=O) groups excluding carboxylic acids is 1. The van der Waals surface area contributed by atoms with Gasteiger partial charge in [0.1, 0.15) is 17.9 Å². The summed E-state index contributed by atoms with van der Waals surface area (Å²) in [6.07, 6.45) is 1.37. The molecule has 0 aliphatic rings. The highest BCUT2D eigenvalue weighted by molar-refractivity contribution is 14.1. The maximum absolute atomic E-state index is 11.9. The molecule has 0 fully saturated rings. The molecule has 2 rings (SSSR count). The molecule has 1 amide bonds. The van der Waals surface area contributed by atoms with Crippen LogP contribution in [0.5, 0.6) is 5.75 Å². The fourth-order valence-corrected chi connectivity index (χ4v) is 3.16. The van der Waals surface area contributed by atoms with E-state index in [0.29, 0.717) is 9.39 Å². The highest BCUT2D eigenvalue weighted by Crippen LogP contribution is 2.26. The number of phenolic OH excluding ortho intramolecular Hbond substituents is 1. The van der Waals surface area contributed by atoms with E-state index in [2.05, 4.69) is 43.1 Å². The van der Waals surface area contributed by atoms with E-state index in [1.165, 1.54) is 6.33 Å². The zero-order chi connectivity index (χ0) is 13.1. The molecule has 0 spiro atoms. The molecule has 0 saturated heterocycles. The Morgan fingerprint density at radius 2 is 2.22 bits per heavy atom. The van der Waals surface area contributed by atoms with Gasteiger partial charge in [0.05, 0.1) is 15.7 Å². The van der Waals surface area contributed by atoms with E-state index < -0.39 is 0 Å². The van der Waals surface area contributed by atoms with Crippen molar-refractivity contribution in [3.8, 4) is 5.75 Å². The maximum Gasteiger partial charge on any atom is 0.255 e. The minimum atomic E-state index is -0.347. The van der Waals surface area contributed by atoms with Crippen LogP contribution in [0, 0.1) is 7.14 Å². The fraction of sp³-hybridized carbons (Fsp3) is 0.100. The number of hydrogen-bond donors (Lipinski definition) is 3. The van der Waals surface area contributed by atoms with Gasteiger partial charge < -0.3 is 10.4 Å². The summed E-state index contributed by atoms with van der Waals surface area (Å²) in [6.45, 7) is 0.236. The van der Waals surface area contributed by atoms with Crippen LogP contribution < -0.4 is 5.32 Å². The highest BCUT2D eigenvalue weighted by atomic mass is 127. The van der Waals surface area contributed by atoms with Crippen LogP contribution in [0.25, 0.3) is 0 Å². The van der Waals surface area contributed by atoms with Crippen molar-refractivity contribution in [3.63, 3.8) is 0 Å². The molecule has 0 bridgehead atoms. The van der Waals surface area contributed by atoms with Crippen LogP contribution in [-0.4, -0.2) is 26.2 Å². The van der Waals surface area contributed by atoms with Crippen molar-refractivity contribution in [1.29, 1.82) is 0 Å². The van der Waals surface area contributed by atoms with Crippen LogP contribution in [0.15, 0.2) is 18.5 Å². The van der Waals surface area contributed by atoms with Gasteiger partial charge in [-0.3, -0.25) is 9.89 Å². The lowest BCUT2D eigenvalue weighted by atomic mass is 10.2. The van der Waals surface area contributed by atoms with E-state index in [1.54, 1.807) is 12.1 Å². The van der Waals surface area contributed by atoms with Gasteiger partial charge in [-0.05, 0) is 57.3 Å². The Morgan fingerprint density at radius 1 is 1.44 bits per heavy atom. The van der Waals surface area contributed by atoms with Gasteiger partial charge in [-0.2, -0.15) is 5.10 Å². The number of hydrogen-bond acceptors (Lipinski definition) is 4. The number of nitrogens with zero attached hydrogens (tertiary/aromatic N) is 2. The van der Waals surface area contributed by atoms with E-state index in [9.17, 15) is 9.90 Å². The van der Waals surface area contributed by atoms with Crippen LogP contribution in [0.3, 0.4) is 0 Å². The average Bonchev–Trinajstić information content (AvgIpc) is 2.83. The van der Waals surface area contributed by atoms with Gasteiger partial charge in [-0.25, -0.2) is 4.98 Å². The maximum atomic E-state index is 11.9. The first kappa shape index (κ1) is 13.5. The van der Waals surface area contributed by atoms with Gasteiger partial charge in [-0.15, -0.1) is 0 Å². The van der Waals surface area contributed by atoms with Gasteiger partial charge in [0.25, 0.3) is 5.91 Å². The smallest absolute Gasteiger partial charge is 0.255 e. The summed E-state index contributed by atoms with van der Waals surface area (Å²) in [4.78, 5) is 15.8. The second-order valence-corrected chi connectivity index (χ2v) is 5.81. The normalized spacial score (nSPS) is 10.3. The topological polar surface area (TPSA) is 90.9 Å². The second-order valence-electron chi connectivity index (χ2n) is 3.40. The molecule has 8 heteroatoms. The standard InChI is InChI=1S/C10H8I2N4O2/c11-5-1-6(9(17)7(12)2-5)10(18)13-3-8-14-4-15-16-8/h1-2,4,17H,3H2,(H,13,18)(H,14,15,16). The largest absolute Gasteiger partial charge is 0.506 e. The van der Waals surface area contributed by atoms with Crippen LogP contribution in [0.4, 0.5) is 0 Å². The third kappa shape index (κ3) is 3.10. The number of halogens is 2. The van der Waals surface area contributed by atoms with Crippen molar-refractivity contribution in [2.75, 3.05) is 0 Å². The third-order valence-electron chi connectivity index (χ3n) is 2.15. The Bertz CT molecular complexity index is 572. The number of nitrogens with one attached hydrogen (secondary N) is 2. The summed E-state index contributed by atoms with van der Waals surface area (Å²) in [5.41, 5.74) is 0.255. The molecule has 0 aliphatic carbocycles. The van der Waals surface area contributed by atoms with Crippen molar-refractivity contribution in [2.45, 2.75) is 6.54 Å². The molecule has 0 unspecified atom stereocenters. The van der Waals surface area contributed by atoms with Crippen LogP contribution in [-0.2, 0) is 6.54 Å². The third-order valence-corrected chi connectivity index (χ3v) is 3.60. The van der Waals surface area contributed by atoms with Crippen LogP contribution >= 0.6 is 45.2 Å². The Labute approximate surface area is 130 Å². The number of aromatic nitrogens is 3. The van der Waals surface area contributed by atoms with E-state index in [4.69, 9.17) is 0 Å². The predicted molar refractivity (Wildman–Crippen MR) is 81.1 cm³/mol. The molecule has 94 valence electrons. The lowest BCUT2D eigenvalue weighted by Crippen LogP contribution is -2.23. The second kappa shape index (κ2) is 5.82. The minimum Gasteiger partial charge on any atom is -0.506 e. The molecule has 18 heavy (non-hydrogen) atoms. The SMILES string of the molecule is O=C(NCc1ncn[nH]1)c1cc(I)cc(I)c1O. The lowest BCUT2D eigenvalue weighted by Gasteiger charge is -2.07. The van der Waals surface area contributed by atoms with Gasteiger partial charge >= 0.3 is 0 Å². The monoisotopic (exact) mass is 470 g/mol. The number of H-pyrrole nitrogens is 1. The molecule has 1 heterocycles. The van der Waals surface area contributed by atoms with Gasteiger partial charge in [0, 0.05) is 3.57 Å². The Morgan fingerprint density at radius 3 is 2.89 bits per heavy atom. The Hall–Kier alpha value is -0.910. The number of carbonyl (C=O) groups is 1. The van der Waals surface area contributed by atoms with Gasteiger partial charge in [-0.1, -0.05) is 0 Å². The van der Waals surface area contributed by atoms with Crippen LogP contribution in [0.2, 0.25) is 0 Å². The number of aromatic hydroxyl groups is 1. The predicted octanol–water partition coefficient (Wildman–Crippen LogP) is 1.65. The summed E-state index contributed by atoms with van der Waals surface area (Å²) in [7, 11) is 0. The fourth-order valence-electron chi connectivity index (χ4n) is 1.31. The van der Waals surface area contributed by atoms with Crippen molar-refractivity contribution >= 4 is 51.1 Å². The molecule has 0 atom stereocenters. The number of amides is 1. The van der Waals surface area contributed by atoms with Crippen molar-refractivity contribution < 1.29 is 9.90 Å². The van der Waals surface area contributed by atoms with Crippen molar-refractivity contribution in [1.82, 2.24) is 20.5 Å². The van der Waals surface area contributed by atoms with Gasteiger partial charge in [0.15, 0.2) is 0 Å². The average molecular weight is 470 g/mol. The van der Waals surface area contributed by atoms with Crippen molar-refractivity contribution in [3.05, 3.63) is 37.0 Å².